The van der Waals surface area contributed by atoms with E-state index in [4.69, 9.17) is 0 Å². The lowest BCUT2D eigenvalue weighted by Crippen LogP contribution is -1.94. The van der Waals surface area contributed by atoms with Crippen LogP contribution in [-0.4, -0.2) is 10.8 Å². The maximum absolute atomic E-state index is 10.9. The van der Waals surface area contributed by atoms with Gasteiger partial charge in [-0.15, -0.1) is 11.3 Å². The minimum Gasteiger partial charge on any atom is -0.308 e. The number of anilines is 1. The molecule has 0 spiro atoms. The average molecular weight is 188 g/mol. The quantitative estimate of drug-likeness (QED) is 0.550. The number of thiol groups is 1. The van der Waals surface area contributed by atoms with Crippen molar-refractivity contribution in [2.75, 3.05) is 4.72 Å². The lowest BCUT2D eigenvalue weighted by Gasteiger charge is -1.86. The molecule has 1 rings (SSSR count). The van der Waals surface area contributed by atoms with Gasteiger partial charge in [-0.2, -0.15) is 0 Å². The van der Waals surface area contributed by atoms with Gasteiger partial charge in [-0.3, -0.25) is 4.79 Å². The number of rotatable bonds is 2. The first kappa shape index (κ1) is 8.55. The Balaban J connectivity index is 3.07. The number of Topliss-reactive ketones (excluding diaryl/α,β-unsaturated/α-hetero) is 1. The van der Waals surface area contributed by atoms with Gasteiger partial charge in [-0.25, -0.2) is 4.98 Å². The lowest BCUT2D eigenvalue weighted by atomic mass is 10.3. The molecule has 0 fully saturated rings. The molecule has 0 aliphatic heterocycles. The number of hydrogen-bond acceptors (Lipinski definition) is 5. The van der Waals surface area contributed by atoms with Gasteiger partial charge in [0.05, 0.1) is 0 Å². The zero-order chi connectivity index (χ0) is 8.43. The number of nitrogens with one attached hydrogen (secondary N) is 1. The van der Waals surface area contributed by atoms with Crippen LogP contribution in [0.15, 0.2) is 0 Å². The molecule has 3 nitrogen and oxygen atoms in total. The Morgan fingerprint density at radius 3 is 2.64 bits per heavy atom. The normalized spacial score (nSPS) is 9.73. The first-order chi connectivity index (χ1) is 5.15. The third-order valence-electron chi connectivity index (χ3n) is 1.23. The van der Waals surface area contributed by atoms with Crippen molar-refractivity contribution < 1.29 is 4.79 Å². The zero-order valence-electron chi connectivity index (χ0n) is 6.21. The van der Waals surface area contributed by atoms with Crippen LogP contribution in [0.3, 0.4) is 0 Å². The van der Waals surface area contributed by atoms with E-state index in [9.17, 15) is 4.79 Å². The van der Waals surface area contributed by atoms with E-state index in [0.717, 1.165) is 4.88 Å². The Kier molecular flexibility index (Phi) is 2.51. The van der Waals surface area contributed by atoms with Crippen LogP contribution >= 0.6 is 24.2 Å². The molecule has 1 aromatic heterocycles. The number of ketones is 1. The third kappa shape index (κ3) is 1.72. The van der Waals surface area contributed by atoms with Crippen LogP contribution in [0.1, 0.15) is 22.3 Å². The number of aromatic nitrogens is 1. The molecule has 0 aliphatic rings. The van der Waals surface area contributed by atoms with Gasteiger partial charge in [0.25, 0.3) is 0 Å². The van der Waals surface area contributed by atoms with Crippen LogP contribution < -0.4 is 4.72 Å². The predicted octanol–water partition coefficient (Wildman–Crippen LogP) is 1.91. The van der Waals surface area contributed by atoms with E-state index in [0.29, 0.717) is 10.8 Å². The van der Waals surface area contributed by atoms with Crippen molar-refractivity contribution in [1.82, 2.24) is 4.98 Å². The molecule has 1 N–H and O–H groups in total. The van der Waals surface area contributed by atoms with Gasteiger partial charge in [0, 0.05) is 11.8 Å². The van der Waals surface area contributed by atoms with Crippen LogP contribution in [0.2, 0.25) is 0 Å². The summed E-state index contributed by atoms with van der Waals surface area (Å²) >= 11 is 5.25. The van der Waals surface area contributed by atoms with Gasteiger partial charge >= 0.3 is 0 Å². The Bertz CT molecular complexity index is 282. The van der Waals surface area contributed by atoms with Crippen molar-refractivity contribution in [1.29, 1.82) is 0 Å². The first-order valence-electron chi connectivity index (χ1n) is 3.03. The minimum absolute atomic E-state index is 0.00594. The molecule has 0 saturated carbocycles. The summed E-state index contributed by atoms with van der Waals surface area (Å²) in [5.74, 6) is -0.00594. The fraction of sp³-hybridized carbons (Fsp3) is 0.333. The average Bonchev–Trinajstić information content (AvgIpc) is 2.30. The van der Waals surface area contributed by atoms with Gasteiger partial charge in [0.15, 0.2) is 10.9 Å². The van der Waals surface area contributed by atoms with Crippen molar-refractivity contribution in [3.05, 3.63) is 10.6 Å². The molecule has 0 amide bonds. The zero-order valence-corrected chi connectivity index (χ0v) is 7.92. The Morgan fingerprint density at radius 1 is 1.73 bits per heavy atom. The van der Waals surface area contributed by atoms with Crippen molar-refractivity contribution in [2.24, 2.45) is 0 Å². The van der Waals surface area contributed by atoms with Gasteiger partial charge in [0.2, 0.25) is 0 Å². The Hall–Kier alpha value is -0.550. The maximum Gasteiger partial charge on any atom is 0.193 e. The van der Waals surface area contributed by atoms with Gasteiger partial charge in [-0.1, -0.05) is 12.8 Å². The number of carbonyl (C=O) groups excluding carboxylic acids is 1. The van der Waals surface area contributed by atoms with E-state index in [1.54, 1.807) is 0 Å². The molecule has 0 atom stereocenters. The van der Waals surface area contributed by atoms with Gasteiger partial charge in [0.1, 0.15) is 5.69 Å². The van der Waals surface area contributed by atoms with E-state index < -0.39 is 0 Å². The van der Waals surface area contributed by atoms with Crippen molar-refractivity contribution in [3.8, 4) is 0 Å². The second kappa shape index (κ2) is 3.23. The first-order valence-corrected chi connectivity index (χ1v) is 4.30. The molecule has 0 saturated heterocycles. The third-order valence-corrected chi connectivity index (χ3v) is 2.48. The fourth-order valence-corrected chi connectivity index (χ4v) is 1.72. The van der Waals surface area contributed by atoms with Crippen molar-refractivity contribution in [3.63, 3.8) is 0 Å². The van der Waals surface area contributed by atoms with Crippen molar-refractivity contribution in [2.45, 2.75) is 13.8 Å². The van der Waals surface area contributed by atoms with Crippen LogP contribution in [0.25, 0.3) is 0 Å². The summed E-state index contributed by atoms with van der Waals surface area (Å²) < 4.78 is 2.59. The van der Waals surface area contributed by atoms with E-state index in [2.05, 4.69) is 22.5 Å². The van der Waals surface area contributed by atoms with E-state index in [1.807, 2.05) is 6.92 Å². The highest BCUT2D eigenvalue weighted by Gasteiger charge is 2.09. The number of aryl methyl sites for hydroxylation is 1. The predicted molar refractivity (Wildman–Crippen MR) is 49.5 cm³/mol. The van der Waals surface area contributed by atoms with E-state index >= 15 is 0 Å². The molecule has 0 aromatic carbocycles. The van der Waals surface area contributed by atoms with Crippen LogP contribution in [-0.2, 0) is 0 Å². The molecule has 60 valence electrons. The summed E-state index contributed by atoms with van der Waals surface area (Å²) in [6.45, 7) is 3.37. The highest BCUT2D eigenvalue weighted by Crippen LogP contribution is 2.22. The molecule has 0 radical (unpaired) electrons. The summed E-state index contributed by atoms with van der Waals surface area (Å²) in [5, 5.41) is 0.663. The molecular formula is C6H8N2OS2. The summed E-state index contributed by atoms with van der Waals surface area (Å²) in [6, 6.07) is 0. The molecular weight excluding hydrogens is 180 g/mol. The second-order valence-corrected chi connectivity index (χ2v) is 3.52. The fourth-order valence-electron chi connectivity index (χ4n) is 0.771. The summed E-state index contributed by atoms with van der Waals surface area (Å²) in [7, 11) is 0. The van der Waals surface area contributed by atoms with E-state index in [1.165, 1.54) is 18.3 Å². The summed E-state index contributed by atoms with van der Waals surface area (Å²) in [4.78, 5) is 15.8. The highest BCUT2D eigenvalue weighted by molar-refractivity contribution is 7.82. The second-order valence-electron chi connectivity index (χ2n) is 2.09. The minimum atomic E-state index is -0.00594. The molecule has 0 bridgehead atoms. The SMILES string of the molecule is CC(=O)c1nc(NS)sc1C. The van der Waals surface area contributed by atoms with E-state index in [-0.39, 0.29) is 5.78 Å². The van der Waals surface area contributed by atoms with Crippen molar-refractivity contribution >= 4 is 35.1 Å². The van der Waals surface area contributed by atoms with Crippen LogP contribution in [0.5, 0.6) is 0 Å². The smallest absolute Gasteiger partial charge is 0.193 e. The molecule has 0 aliphatic carbocycles. The molecule has 1 heterocycles. The largest absolute Gasteiger partial charge is 0.308 e. The monoisotopic (exact) mass is 188 g/mol. The maximum atomic E-state index is 10.9. The Morgan fingerprint density at radius 2 is 2.36 bits per heavy atom. The van der Waals surface area contributed by atoms with Gasteiger partial charge < -0.3 is 4.72 Å². The topological polar surface area (TPSA) is 42.0 Å². The highest BCUT2D eigenvalue weighted by atomic mass is 32.1. The summed E-state index contributed by atoms with van der Waals surface area (Å²) in [6.07, 6.45) is 0. The summed E-state index contributed by atoms with van der Waals surface area (Å²) in [5.41, 5.74) is 0.534. The molecule has 1 aromatic rings. The molecule has 0 unspecified atom stereocenters. The number of thiazole rings is 1. The Labute approximate surface area is 74.4 Å². The number of hydrogen-bond donors (Lipinski definition) is 2. The lowest BCUT2D eigenvalue weighted by molar-refractivity contribution is 0.101. The molecule has 5 heteroatoms. The van der Waals surface area contributed by atoms with Gasteiger partial charge in [-0.05, 0) is 6.92 Å². The van der Waals surface area contributed by atoms with Crippen LogP contribution in [0, 0.1) is 6.92 Å². The number of carbonyl (C=O) groups is 1. The molecule has 11 heavy (non-hydrogen) atoms. The van der Waals surface area contributed by atoms with Crippen LogP contribution in [0.4, 0.5) is 5.13 Å². The number of nitrogens with zero attached hydrogens (tertiary/aromatic N) is 1. The standard InChI is InChI=1S/C6H8N2OS2/c1-3(9)5-4(2)11-6(7-5)8-10/h10H,1-2H3,(H,7,8).